The van der Waals surface area contributed by atoms with E-state index in [2.05, 4.69) is 31.7 Å². The standard InChI is InChI=1S/C31H27FN6O2/c1-18-10-25(32)26(37-30(40)21-7-8-35-27(12-21)31(2,3)17-33)14-24(18)23-11-22(15-34-16-23)20-6-9-36-28(13-20)38-29(39)19-4-5-19/h6-16,19H,4-5H2,1-3H3,(H,37,40)(H,36,38,39). The van der Waals surface area contributed by atoms with Crippen LogP contribution in [0.2, 0.25) is 0 Å². The van der Waals surface area contributed by atoms with E-state index >= 15 is 0 Å². The number of nitrogens with zero attached hydrogens (tertiary/aromatic N) is 4. The van der Waals surface area contributed by atoms with Gasteiger partial charge in [0.05, 0.1) is 22.9 Å². The molecule has 0 atom stereocenters. The highest BCUT2D eigenvalue weighted by Gasteiger charge is 2.29. The van der Waals surface area contributed by atoms with Crippen LogP contribution in [0.4, 0.5) is 15.9 Å². The summed E-state index contributed by atoms with van der Waals surface area (Å²) in [4.78, 5) is 38.0. The number of aryl methyl sites for hydroxylation is 1. The maximum atomic E-state index is 15.0. The van der Waals surface area contributed by atoms with Gasteiger partial charge in [0, 0.05) is 47.4 Å². The van der Waals surface area contributed by atoms with Gasteiger partial charge < -0.3 is 10.6 Å². The molecule has 200 valence electrons. The van der Waals surface area contributed by atoms with E-state index in [-0.39, 0.29) is 23.1 Å². The Balaban J connectivity index is 1.42. The first kappa shape index (κ1) is 26.6. The zero-order chi connectivity index (χ0) is 28.4. The van der Waals surface area contributed by atoms with Gasteiger partial charge in [0.15, 0.2) is 0 Å². The molecule has 4 aromatic rings. The number of nitrogens with one attached hydrogen (secondary N) is 2. The molecule has 0 aliphatic heterocycles. The van der Waals surface area contributed by atoms with E-state index in [0.717, 1.165) is 29.5 Å². The van der Waals surface area contributed by atoms with Crippen LogP contribution in [-0.4, -0.2) is 26.8 Å². The van der Waals surface area contributed by atoms with Crippen molar-refractivity contribution in [2.45, 2.75) is 39.0 Å². The Hall–Kier alpha value is -4.97. The first-order chi connectivity index (χ1) is 19.1. The number of benzene rings is 1. The maximum Gasteiger partial charge on any atom is 0.255 e. The number of hydrogen-bond donors (Lipinski definition) is 2. The van der Waals surface area contributed by atoms with Crippen LogP contribution in [0.3, 0.4) is 0 Å². The van der Waals surface area contributed by atoms with Gasteiger partial charge >= 0.3 is 0 Å². The van der Waals surface area contributed by atoms with Gasteiger partial charge in [0.1, 0.15) is 11.6 Å². The molecule has 40 heavy (non-hydrogen) atoms. The topological polar surface area (TPSA) is 121 Å². The lowest BCUT2D eigenvalue weighted by atomic mass is 9.90. The first-order valence-corrected chi connectivity index (χ1v) is 12.9. The summed E-state index contributed by atoms with van der Waals surface area (Å²) in [6.45, 7) is 5.21. The number of hydrogen-bond acceptors (Lipinski definition) is 6. The van der Waals surface area contributed by atoms with Crippen LogP contribution in [0, 0.1) is 30.0 Å². The molecule has 0 radical (unpaired) electrons. The van der Waals surface area contributed by atoms with E-state index in [1.54, 1.807) is 51.5 Å². The minimum absolute atomic E-state index is 0.0166. The van der Waals surface area contributed by atoms with Crippen molar-refractivity contribution < 1.29 is 14.0 Å². The number of carbonyl (C=O) groups excluding carboxylic acids is 2. The van der Waals surface area contributed by atoms with Crippen molar-refractivity contribution in [1.82, 2.24) is 15.0 Å². The second-order valence-corrected chi connectivity index (χ2v) is 10.4. The normalized spacial score (nSPS) is 12.9. The fraction of sp³-hybridized carbons (Fsp3) is 0.226. The molecule has 1 fully saturated rings. The Morgan fingerprint density at radius 3 is 2.48 bits per heavy atom. The third kappa shape index (κ3) is 5.71. The quantitative estimate of drug-likeness (QED) is 0.298. The van der Waals surface area contributed by atoms with Gasteiger partial charge in [-0.2, -0.15) is 5.26 Å². The molecule has 1 aromatic carbocycles. The van der Waals surface area contributed by atoms with Crippen LogP contribution in [0.5, 0.6) is 0 Å². The van der Waals surface area contributed by atoms with E-state index < -0.39 is 17.1 Å². The molecule has 8 nitrogen and oxygen atoms in total. The summed E-state index contributed by atoms with van der Waals surface area (Å²) in [5, 5.41) is 14.9. The van der Waals surface area contributed by atoms with Crippen molar-refractivity contribution in [2.24, 2.45) is 5.92 Å². The van der Waals surface area contributed by atoms with Crippen LogP contribution in [-0.2, 0) is 10.2 Å². The number of anilines is 2. The van der Waals surface area contributed by atoms with Crippen LogP contribution in [0.15, 0.2) is 67.3 Å². The van der Waals surface area contributed by atoms with E-state index in [0.29, 0.717) is 22.6 Å². The van der Waals surface area contributed by atoms with E-state index in [1.165, 1.54) is 24.4 Å². The van der Waals surface area contributed by atoms with E-state index in [9.17, 15) is 19.2 Å². The molecule has 1 aliphatic carbocycles. The SMILES string of the molecule is Cc1cc(F)c(NC(=O)c2ccnc(C(C)(C)C#N)c2)cc1-c1cncc(-c2ccnc(NC(=O)C3CC3)c2)c1. The number of halogens is 1. The molecule has 2 N–H and O–H groups in total. The molecular formula is C31H27FN6O2. The Bertz CT molecular complexity index is 1670. The molecule has 1 aliphatic rings. The summed E-state index contributed by atoms with van der Waals surface area (Å²) in [6.07, 6.45) is 8.27. The Labute approximate surface area is 231 Å². The molecule has 3 heterocycles. The number of aromatic nitrogens is 3. The molecule has 0 bridgehead atoms. The largest absolute Gasteiger partial charge is 0.319 e. The Morgan fingerprint density at radius 2 is 1.73 bits per heavy atom. The predicted octanol–water partition coefficient (Wildman–Crippen LogP) is 6.06. The summed E-state index contributed by atoms with van der Waals surface area (Å²) in [5.41, 5.74) is 3.55. The lowest BCUT2D eigenvalue weighted by Crippen LogP contribution is -2.19. The van der Waals surface area contributed by atoms with Crippen LogP contribution >= 0.6 is 0 Å². The summed E-state index contributed by atoms with van der Waals surface area (Å²) in [7, 11) is 0. The first-order valence-electron chi connectivity index (χ1n) is 12.9. The second-order valence-electron chi connectivity index (χ2n) is 10.4. The monoisotopic (exact) mass is 534 g/mol. The highest BCUT2D eigenvalue weighted by molar-refractivity contribution is 6.04. The third-order valence-corrected chi connectivity index (χ3v) is 6.85. The number of carbonyl (C=O) groups is 2. The third-order valence-electron chi connectivity index (χ3n) is 6.85. The van der Waals surface area contributed by atoms with Gasteiger partial charge in [0.2, 0.25) is 5.91 Å². The molecule has 3 aromatic heterocycles. The molecular weight excluding hydrogens is 507 g/mol. The minimum Gasteiger partial charge on any atom is -0.319 e. The van der Waals surface area contributed by atoms with E-state index in [1.807, 2.05) is 12.1 Å². The zero-order valence-corrected chi connectivity index (χ0v) is 22.3. The van der Waals surface area contributed by atoms with Crippen molar-refractivity contribution in [3.63, 3.8) is 0 Å². The van der Waals surface area contributed by atoms with Gasteiger partial charge in [-0.25, -0.2) is 9.37 Å². The van der Waals surface area contributed by atoms with Crippen molar-refractivity contribution in [3.05, 3.63) is 89.9 Å². The highest BCUT2D eigenvalue weighted by Crippen LogP contribution is 2.33. The van der Waals surface area contributed by atoms with E-state index in [4.69, 9.17) is 0 Å². The van der Waals surface area contributed by atoms with Crippen molar-refractivity contribution in [2.75, 3.05) is 10.6 Å². The maximum absolute atomic E-state index is 15.0. The van der Waals surface area contributed by atoms with Gasteiger partial charge in [-0.05, 0) is 92.8 Å². The van der Waals surface area contributed by atoms with Crippen LogP contribution in [0.1, 0.15) is 48.3 Å². The molecule has 9 heteroatoms. The fourth-order valence-corrected chi connectivity index (χ4v) is 4.24. The van der Waals surface area contributed by atoms with Crippen LogP contribution < -0.4 is 10.6 Å². The lowest BCUT2D eigenvalue weighted by molar-refractivity contribution is -0.117. The van der Waals surface area contributed by atoms with Gasteiger partial charge in [-0.15, -0.1) is 0 Å². The Kier molecular flexibility index (Phi) is 7.09. The summed E-state index contributed by atoms with van der Waals surface area (Å²) in [6, 6.07) is 13.7. The fourth-order valence-electron chi connectivity index (χ4n) is 4.24. The zero-order valence-electron chi connectivity index (χ0n) is 22.3. The van der Waals surface area contributed by atoms with Gasteiger partial charge in [0.25, 0.3) is 5.91 Å². The van der Waals surface area contributed by atoms with Gasteiger partial charge in [-0.3, -0.25) is 19.6 Å². The molecule has 1 saturated carbocycles. The van der Waals surface area contributed by atoms with Crippen molar-refractivity contribution in [1.29, 1.82) is 5.26 Å². The molecule has 0 saturated heterocycles. The van der Waals surface area contributed by atoms with Gasteiger partial charge in [-0.1, -0.05) is 0 Å². The average molecular weight is 535 g/mol. The smallest absolute Gasteiger partial charge is 0.255 e. The number of amides is 2. The number of pyridine rings is 3. The molecule has 0 unspecified atom stereocenters. The molecule has 5 rings (SSSR count). The molecule has 2 amide bonds. The number of rotatable bonds is 7. The summed E-state index contributed by atoms with van der Waals surface area (Å²) in [5.74, 6) is -0.576. The van der Waals surface area contributed by atoms with Crippen molar-refractivity contribution >= 4 is 23.3 Å². The molecule has 0 spiro atoms. The summed E-state index contributed by atoms with van der Waals surface area (Å²) >= 11 is 0. The second kappa shape index (κ2) is 10.7. The predicted molar refractivity (Wildman–Crippen MR) is 150 cm³/mol. The van der Waals surface area contributed by atoms with Crippen molar-refractivity contribution in [3.8, 4) is 28.3 Å². The lowest BCUT2D eigenvalue weighted by Gasteiger charge is -2.16. The summed E-state index contributed by atoms with van der Waals surface area (Å²) < 4.78 is 15.0. The average Bonchev–Trinajstić information content (AvgIpc) is 3.81. The number of nitriles is 1. The van der Waals surface area contributed by atoms with Crippen LogP contribution in [0.25, 0.3) is 22.3 Å². The Morgan fingerprint density at radius 1 is 0.975 bits per heavy atom. The minimum atomic E-state index is -0.880. The highest BCUT2D eigenvalue weighted by atomic mass is 19.1.